The largest absolute Gasteiger partial charge is 0.357 e. The fourth-order valence-electron chi connectivity index (χ4n) is 2.44. The Labute approximate surface area is 155 Å². The second-order valence-electron chi connectivity index (χ2n) is 5.55. The second kappa shape index (κ2) is 10.4. The molecule has 1 saturated heterocycles. The monoisotopic (exact) mass is 437 g/mol. The standard InChI is InChI=1S/C15H27N5S.HI/c1-4-16-15(18-11-14-6-5-9-21-14)17-10-13-12-19(2)7-8-20(13)3;/h5-6,9,13H,4,7-8,10-12H2,1-3H3,(H2,16,17,18);1H. The lowest BCUT2D eigenvalue weighted by Gasteiger charge is -2.37. The second-order valence-corrected chi connectivity index (χ2v) is 6.58. The molecule has 0 aliphatic carbocycles. The summed E-state index contributed by atoms with van der Waals surface area (Å²) in [6, 6.07) is 4.74. The molecule has 2 heterocycles. The van der Waals surface area contributed by atoms with Crippen LogP contribution in [0.25, 0.3) is 0 Å². The molecule has 0 amide bonds. The van der Waals surface area contributed by atoms with E-state index in [1.54, 1.807) is 11.3 Å². The molecule has 1 aromatic heterocycles. The minimum atomic E-state index is 0. The summed E-state index contributed by atoms with van der Waals surface area (Å²) in [6.07, 6.45) is 0. The Morgan fingerprint density at radius 1 is 1.36 bits per heavy atom. The first-order valence-corrected chi connectivity index (χ1v) is 8.50. The van der Waals surface area contributed by atoms with Gasteiger partial charge < -0.3 is 15.5 Å². The van der Waals surface area contributed by atoms with Gasteiger partial charge in [0.2, 0.25) is 0 Å². The van der Waals surface area contributed by atoms with Crippen LogP contribution in [0.3, 0.4) is 0 Å². The molecular formula is C15H28IN5S. The first-order valence-electron chi connectivity index (χ1n) is 7.62. The van der Waals surface area contributed by atoms with Crippen LogP contribution >= 0.6 is 35.3 Å². The van der Waals surface area contributed by atoms with E-state index in [1.165, 1.54) is 4.88 Å². The van der Waals surface area contributed by atoms with Gasteiger partial charge in [0.1, 0.15) is 0 Å². The number of nitrogens with zero attached hydrogens (tertiary/aromatic N) is 3. The van der Waals surface area contributed by atoms with E-state index >= 15 is 0 Å². The lowest BCUT2D eigenvalue weighted by Crippen LogP contribution is -2.55. The Hall–Kier alpha value is -0.380. The van der Waals surface area contributed by atoms with Crippen molar-refractivity contribution in [3.63, 3.8) is 0 Å². The number of piperazine rings is 1. The summed E-state index contributed by atoms with van der Waals surface area (Å²) in [5.74, 6) is 0.910. The normalized spacial score (nSPS) is 20.5. The number of thiophene rings is 1. The van der Waals surface area contributed by atoms with E-state index in [9.17, 15) is 0 Å². The van der Waals surface area contributed by atoms with Crippen molar-refractivity contribution in [2.45, 2.75) is 19.5 Å². The van der Waals surface area contributed by atoms with Gasteiger partial charge in [0, 0.05) is 43.6 Å². The number of nitrogens with one attached hydrogen (secondary N) is 2. The quantitative estimate of drug-likeness (QED) is 0.418. The van der Waals surface area contributed by atoms with Crippen molar-refractivity contribution >= 4 is 41.3 Å². The van der Waals surface area contributed by atoms with Gasteiger partial charge in [-0.25, -0.2) is 4.99 Å². The average molecular weight is 437 g/mol. The van der Waals surface area contributed by atoms with Crippen molar-refractivity contribution in [2.75, 3.05) is 46.8 Å². The molecule has 1 fully saturated rings. The molecule has 7 heteroatoms. The smallest absolute Gasteiger partial charge is 0.191 e. The van der Waals surface area contributed by atoms with Crippen LogP contribution in [0.15, 0.2) is 22.5 Å². The van der Waals surface area contributed by atoms with Crippen molar-refractivity contribution in [1.29, 1.82) is 0 Å². The van der Waals surface area contributed by atoms with E-state index in [-0.39, 0.29) is 24.0 Å². The Balaban J connectivity index is 0.00000242. The zero-order chi connectivity index (χ0) is 15.1. The van der Waals surface area contributed by atoms with Crippen LogP contribution in [0, 0.1) is 0 Å². The number of likely N-dealkylation sites (N-methyl/N-ethyl adjacent to an activating group) is 2. The minimum Gasteiger partial charge on any atom is -0.357 e. The third-order valence-electron chi connectivity index (χ3n) is 3.80. The predicted octanol–water partition coefficient (Wildman–Crippen LogP) is 1.67. The van der Waals surface area contributed by atoms with E-state index < -0.39 is 0 Å². The summed E-state index contributed by atoms with van der Waals surface area (Å²) in [7, 11) is 4.39. The molecule has 1 unspecified atom stereocenters. The molecule has 5 nitrogen and oxygen atoms in total. The molecular weight excluding hydrogens is 409 g/mol. The van der Waals surface area contributed by atoms with Crippen LogP contribution in [0.4, 0.5) is 0 Å². The average Bonchev–Trinajstić information content (AvgIpc) is 2.98. The van der Waals surface area contributed by atoms with Gasteiger partial charge in [-0.05, 0) is 32.5 Å². The number of rotatable bonds is 5. The molecule has 2 N–H and O–H groups in total. The van der Waals surface area contributed by atoms with Gasteiger partial charge in [0.15, 0.2) is 5.96 Å². The van der Waals surface area contributed by atoms with E-state index in [0.29, 0.717) is 6.04 Å². The van der Waals surface area contributed by atoms with Gasteiger partial charge >= 0.3 is 0 Å². The fourth-order valence-corrected chi connectivity index (χ4v) is 3.07. The number of aliphatic imine (C=N–C) groups is 1. The molecule has 0 saturated carbocycles. The van der Waals surface area contributed by atoms with Gasteiger partial charge in [-0.15, -0.1) is 35.3 Å². The maximum atomic E-state index is 4.66. The highest BCUT2D eigenvalue weighted by molar-refractivity contribution is 14.0. The molecule has 0 aromatic carbocycles. The maximum absolute atomic E-state index is 4.66. The zero-order valence-electron chi connectivity index (χ0n) is 13.7. The van der Waals surface area contributed by atoms with Crippen molar-refractivity contribution < 1.29 is 0 Å². The molecule has 0 radical (unpaired) electrons. The van der Waals surface area contributed by atoms with Crippen LogP contribution in [0.5, 0.6) is 0 Å². The molecule has 0 spiro atoms. The Bertz CT molecular complexity index is 437. The third kappa shape index (κ3) is 6.39. The summed E-state index contributed by atoms with van der Waals surface area (Å²) in [5, 5.41) is 8.90. The van der Waals surface area contributed by atoms with Crippen molar-refractivity contribution in [3.8, 4) is 0 Å². The molecule has 22 heavy (non-hydrogen) atoms. The molecule has 0 bridgehead atoms. The maximum Gasteiger partial charge on any atom is 0.191 e. The first kappa shape index (κ1) is 19.7. The SMILES string of the molecule is CCNC(=NCc1cccs1)NCC1CN(C)CCN1C.I. The molecule has 2 rings (SSSR count). The summed E-state index contributed by atoms with van der Waals surface area (Å²) in [6.45, 7) is 8.04. The number of halogens is 1. The lowest BCUT2D eigenvalue weighted by atomic mass is 10.2. The topological polar surface area (TPSA) is 42.9 Å². The summed E-state index contributed by atoms with van der Waals surface area (Å²) >= 11 is 1.75. The molecule has 1 aliphatic rings. The summed E-state index contributed by atoms with van der Waals surface area (Å²) < 4.78 is 0. The minimum absolute atomic E-state index is 0. The van der Waals surface area contributed by atoms with Gasteiger partial charge in [-0.1, -0.05) is 6.07 Å². The van der Waals surface area contributed by atoms with Crippen LogP contribution in [0.1, 0.15) is 11.8 Å². The van der Waals surface area contributed by atoms with Crippen LogP contribution in [-0.4, -0.2) is 68.6 Å². The van der Waals surface area contributed by atoms with Gasteiger partial charge in [0.05, 0.1) is 6.54 Å². The van der Waals surface area contributed by atoms with Crippen molar-refractivity contribution in [2.24, 2.45) is 4.99 Å². The predicted molar refractivity (Wildman–Crippen MR) is 106 cm³/mol. The number of guanidine groups is 1. The lowest BCUT2D eigenvalue weighted by molar-refractivity contribution is 0.116. The molecule has 1 aromatic rings. The van der Waals surface area contributed by atoms with E-state index in [2.05, 4.69) is 64.0 Å². The van der Waals surface area contributed by atoms with Crippen molar-refractivity contribution in [3.05, 3.63) is 22.4 Å². The highest BCUT2D eigenvalue weighted by Gasteiger charge is 2.21. The van der Waals surface area contributed by atoms with E-state index in [0.717, 1.165) is 45.2 Å². The van der Waals surface area contributed by atoms with Gasteiger partial charge in [-0.3, -0.25) is 4.90 Å². The summed E-state index contributed by atoms with van der Waals surface area (Å²) in [4.78, 5) is 10.8. The van der Waals surface area contributed by atoms with E-state index in [4.69, 9.17) is 0 Å². The molecule has 1 aliphatic heterocycles. The van der Waals surface area contributed by atoms with Gasteiger partial charge in [-0.2, -0.15) is 0 Å². The van der Waals surface area contributed by atoms with Crippen LogP contribution < -0.4 is 10.6 Å². The molecule has 1 atom stereocenters. The number of hydrogen-bond donors (Lipinski definition) is 2. The first-order chi connectivity index (χ1) is 10.2. The Morgan fingerprint density at radius 3 is 2.86 bits per heavy atom. The van der Waals surface area contributed by atoms with Crippen LogP contribution in [-0.2, 0) is 6.54 Å². The Kier molecular flexibility index (Phi) is 9.30. The van der Waals surface area contributed by atoms with Crippen molar-refractivity contribution in [1.82, 2.24) is 20.4 Å². The fraction of sp³-hybridized carbons (Fsp3) is 0.667. The summed E-state index contributed by atoms with van der Waals surface area (Å²) in [5.41, 5.74) is 0. The highest BCUT2D eigenvalue weighted by atomic mass is 127. The Morgan fingerprint density at radius 2 is 2.18 bits per heavy atom. The molecule has 126 valence electrons. The van der Waals surface area contributed by atoms with E-state index in [1.807, 2.05) is 0 Å². The van der Waals surface area contributed by atoms with Gasteiger partial charge in [0.25, 0.3) is 0 Å². The third-order valence-corrected chi connectivity index (χ3v) is 4.66. The highest BCUT2D eigenvalue weighted by Crippen LogP contribution is 2.09. The number of hydrogen-bond acceptors (Lipinski definition) is 4. The zero-order valence-corrected chi connectivity index (χ0v) is 16.9. The van der Waals surface area contributed by atoms with Crippen LogP contribution in [0.2, 0.25) is 0 Å².